The van der Waals surface area contributed by atoms with Crippen molar-refractivity contribution in [1.29, 1.82) is 0 Å². The lowest BCUT2D eigenvalue weighted by Crippen LogP contribution is -2.37. The Kier molecular flexibility index (Phi) is 7.39. The summed E-state index contributed by atoms with van der Waals surface area (Å²) >= 11 is 0. The van der Waals surface area contributed by atoms with Crippen LogP contribution in [0, 0.1) is 5.41 Å². The van der Waals surface area contributed by atoms with Crippen molar-refractivity contribution in [3.05, 3.63) is 72.3 Å². The maximum absolute atomic E-state index is 13.5. The van der Waals surface area contributed by atoms with Gasteiger partial charge < -0.3 is 9.64 Å². The number of likely N-dealkylation sites (tertiary alicyclic amines) is 1. The first-order valence-corrected chi connectivity index (χ1v) is 14.9. The lowest BCUT2D eigenvalue weighted by molar-refractivity contribution is 0.0531. The van der Waals surface area contributed by atoms with Crippen LogP contribution in [0.1, 0.15) is 58.7 Å². The maximum Gasteiger partial charge on any atom is 0.419 e. The van der Waals surface area contributed by atoms with E-state index in [1.54, 1.807) is 4.57 Å². The Morgan fingerprint density at radius 3 is 2.50 bits per heavy atom. The molecule has 0 atom stereocenters. The average Bonchev–Trinajstić information content (AvgIpc) is 3.69. The fourth-order valence-electron chi connectivity index (χ4n) is 5.71. The molecule has 0 aliphatic carbocycles. The third-order valence-electron chi connectivity index (χ3n) is 8.20. The number of hydrogen-bond acceptors (Lipinski definition) is 7. The van der Waals surface area contributed by atoms with E-state index in [1.165, 1.54) is 0 Å². The number of ether oxygens (including phenoxy) is 1. The number of aromatic nitrogens is 5. The molecule has 1 saturated heterocycles. The third kappa shape index (κ3) is 6.26. The molecule has 1 aromatic carbocycles. The standard InChI is InChI=1S/C33H41N7O2/c1-32(2,3)42-31(41)40-28(22-37-14-10-33(4,5)11-15-37)17-25-9-8-24(16-30(25)40)21-39-23-29(35-36-39)26-18-27(20-34-19-26)38-12-6-7-13-38/h6-9,16-20,23H,10-15,21-22H2,1-5H3. The summed E-state index contributed by atoms with van der Waals surface area (Å²) in [4.78, 5) is 22.7. The van der Waals surface area contributed by atoms with Gasteiger partial charge in [-0.05, 0) is 75.9 Å². The number of anilines is 1. The first-order valence-electron chi connectivity index (χ1n) is 14.9. The van der Waals surface area contributed by atoms with Crippen LogP contribution in [0.5, 0.6) is 0 Å². The molecule has 1 fully saturated rings. The molecular weight excluding hydrogens is 526 g/mol. The van der Waals surface area contributed by atoms with Crippen molar-refractivity contribution in [2.75, 3.05) is 31.1 Å². The number of piperidine rings is 1. The summed E-state index contributed by atoms with van der Waals surface area (Å²) in [5.74, 6) is 0. The van der Waals surface area contributed by atoms with Crippen molar-refractivity contribution in [2.45, 2.75) is 66.2 Å². The number of nitrogens with zero attached hydrogens (tertiary/aromatic N) is 7. The molecule has 0 unspecified atom stereocenters. The van der Waals surface area contributed by atoms with Crippen LogP contribution in [0.2, 0.25) is 0 Å². The van der Waals surface area contributed by atoms with Gasteiger partial charge in [-0.25, -0.2) is 14.0 Å². The Morgan fingerprint density at radius 1 is 1.00 bits per heavy atom. The normalized spacial score (nSPS) is 17.3. The number of rotatable bonds is 6. The lowest BCUT2D eigenvalue weighted by Gasteiger charge is -2.37. The lowest BCUT2D eigenvalue weighted by atomic mass is 9.83. The molecule has 42 heavy (non-hydrogen) atoms. The van der Waals surface area contributed by atoms with E-state index < -0.39 is 5.60 Å². The van der Waals surface area contributed by atoms with Gasteiger partial charge in [0.2, 0.25) is 0 Å². The zero-order valence-corrected chi connectivity index (χ0v) is 25.4. The molecule has 2 aliphatic heterocycles. The Morgan fingerprint density at radius 2 is 1.76 bits per heavy atom. The highest BCUT2D eigenvalue weighted by Gasteiger charge is 2.28. The number of pyridine rings is 1. The van der Waals surface area contributed by atoms with E-state index in [4.69, 9.17) is 4.74 Å². The fraction of sp³-hybridized carbons (Fsp3) is 0.455. The van der Waals surface area contributed by atoms with Crippen molar-refractivity contribution in [1.82, 2.24) is 29.4 Å². The second-order valence-electron chi connectivity index (χ2n) is 13.4. The molecule has 6 rings (SSSR count). The Bertz CT molecular complexity index is 1610. The molecule has 0 amide bonds. The molecule has 0 spiro atoms. The van der Waals surface area contributed by atoms with Crippen molar-refractivity contribution in [3.8, 4) is 11.3 Å². The van der Waals surface area contributed by atoms with Crippen LogP contribution in [0.4, 0.5) is 10.5 Å². The monoisotopic (exact) mass is 567 g/mol. The Balaban J connectivity index is 1.26. The average molecular weight is 568 g/mol. The molecule has 0 N–H and O–H groups in total. The van der Waals surface area contributed by atoms with Gasteiger partial charge in [0.15, 0.2) is 0 Å². The van der Waals surface area contributed by atoms with Gasteiger partial charge in [-0.1, -0.05) is 43.3 Å². The smallest absolute Gasteiger partial charge is 0.419 e. The fourth-order valence-corrected chi connectivity index (χ4v) is 5.71. The summed E-state index contributed by atoms with van der Waals surface area (Å²) < 4.78 is 9.47. The summed E-state index contributed by atoms with van der Waals surface area (Å²) in [5, 5.41) is 9.86. The summed E-state index contributed by atoms with van der Waals surface area (Å²) in [6, 6.07) is 10.5. The molecule has 9 heteroatoms. The van der Waals surface area contributed by atoms with E-state index in [-0.39, 0.29) is 6.09 Å². The maximum atomic E-state index is 13.5. The second kappa shape index (κ2) is 11.0. The highest BCUT2D eigenvalue weighted by molar-refractivity contribution is 5.91. The second-order valence-corrected chi connectivity index (χ2v) is 13.4. The van der Waals surface area contributed by atoms with Gasteiger partial charge in [-0.2, -0.15) is 0 Å². The summed E-state index contributed by atoms with van der Waals surface area (Å²) in [5.41, 5.74) is 5.41. The minimum Gasteiger partial charge on any atom is -0.443 e. The predicted molar refractivity (Wildman–Crippen MR) is 166 cm³/mol. The molecule has 220 valence electrons. The van der Waals surface area contributed by atoms with Gasteiger partial charge in [0.25, 0.3) is 0 Å². The van der Waals surface area contributed by atoms with Crippen molar-refractivity contribution < 1.29 is 9.53 Å². The third-order valence-corrected chi connectivity index (χ3v) is 8.20. The SMILES string of the molecule is CC1(C)CCN(Cc2cc3ccc(Cn4cc(-c5cncc(N6CC=CC6)c5)nn4)cc3n2C(=O)OC(C)(C)C)CC1. The Hall–Kier alpha value is -3.98. The van der Waals surface area contributed by atoms with Crippen LogP contribution in [0.3, 0.4) is 0 Å². The van der Waals surface area contributed by atoms with Crippen molar-refractivity contribution in [3.63, 3.8) is 0 Å². The van der Waals surface area contributed by atoms with Crippen molar-refractivity contribution in [2.24, 2.45) is 5.41 Å². The molecule has 3 aromatic heterocycles. The molecule has 2 aliphatic rings. The van der Waals surface area contributed by atoms with E-state index in [0.717, 1.165) is 78.1 Å². The topological polar surface area (TPSA) is 81.3 Å². The first kappa shape index (κ1) is 28.2. The van der Waals surface area contributed by atoms with Crippen LogP contribution in [0.15, 0.2) is 61.1 Å². The highest BCUT2D eigenvalue weighted by atomic mass is 16.6. The number of carbonyl (C=O) groups is 1. The first-order chi connectivity index (χ1) is 20.0. The zero-order valence-electron chi connectivity index (χ0n) is 25.4. The minimum absolute atomic E-state index is 0.342. The van der Waals surface area contributed by atoms with Crippen molar-refractivity contribution >= 4 is 22.7 Å². The number of fused-ring (bicyclic) bond motifs is 1. The molecule has 9 nitrogen and oxygen atoms in total. The largest absolute Gasteiger partial charge is 0.443 e. The van der Waals surface area contributed by atoms with Crippen LogP contribution in [-0.2, 0) is 17.8 Å². The highest BCUT2D eigenvalue weighted by Crippen LogP contribution is 2.32. The van der Waals surface area contributed by atoms with Crippen LogP contribution < -0.4 is 4.90 Å². The summed E-state index contributed by atoms with van der Waals surface area (Å²) in [6.07, 6.45) is 11.9. The molecule has 4 aromatic rings. The van der Waals surface area contributed by atoms with E-state index in [1.807, 2.05) is 44.0 Å². The molecule has 0 bridgehead atoms. The van der Waals surface area contributed by atoms with Gasteiger partial charge in [0, 0.05) is 42.5 Å². The molecule has 0 saturated carbocycles. The van der Waals surface area contributed by atoms with Crippen LogP contribution in [-0.4, -0.2) is 67.3 Å². The van der Waals surface area contributed by atoms with E-state index in [0.29, 0.717) is 18.5 Å². The van der Waals surface area contributed by atoms with E-state index in [9.17, 15) is 4.79 Å². The van der Waals surface area contributed by atoms with Gasteiger partial charge in [-0.3, -0.25) is 9.88 Å². The Labute approximate surface area is 247 Å². The number of benzene rings is 1. The quantitative estimate of drug-likeness (QED) is 0.260. The minimum atomic E-state index is -0.591. The van der Waals surface area contributed by atoms with Gasteiger partial charge in [0.05, 0.1) is 30.1 Å². The van der Waals surface area contributed by atoms with Gasteiger partial charge in [0.1, 0.15) is 11.3 Å². The summed E-state index contributed by atoms with van der Waals surface area (Å²) in [7, 11) is 0. The molecular formula is C33H41N7O2. The van der Waals surface area contributed by atoms with Crippen LogP contribution in [0.25, 0.3) is 22.2 Å². The molecule has 0 radical (unpaired) electrons. The van der Waals surface area contributed by atoms with E-state index >= 15 is 0 Å². The van der Waals surface area contributed by atoms with Gasteiger partial charge >= 0.3 is 6.09 Å². The molecule has 5 heterocycles. The van der Waals surface area contributed by atoms with Gasteiger partial charge in [-0.15, -0.1) is 5.10 Å². The predicted octanol–water partition coefficient (Wildman–Crippen LogP) is 6.12. The zero-order chi connectivity index (χ0) is 29.5. The van der Waals surface area contributed by atoms with Crippen LogP contribution >= 0.6 is 0 Å². The number of hydrogen-bond donors (Lipinski definition) is 0. The van der Waals surface area contributed by atoms with E-state index in [2.05, 4.69) is 81.4 Å². The summed E-state index contributed by atoms with van der Waals surface area (Å²) in [6.45, 7) is 15.5. The number of carbonyl (C=O) groups excluding carboxylic acids is 1.